The van der Waals surface area contributed by atoms with Gasteiger partial charge in [-0.05, 0) is 19.1 Å². The van der Waals surface area contributed by atoms with Crippen LogP contribution in [0.15, 0.2) is 29.4 Å². The minimum atomic E-state index is 0.150. The van der Waals surface area contributed by atoms with E-state index in [4.69, 9.17) is 10.5 Å². The van der Waals surface area contributed by atoms with Gasteiger partial charge in [-0.1, -0.05) is 6.07 Å². The maximum Gasteiger partial charge on any atom is 0.189 e. The zero-order chi connectivity index (χ0) is 11.8. The number of ether oxygens (including phenoxy) is 1. The van der Waals surface area contributed by atoms with Crippen LogP contribution >= 0.6 is 0 Å². The molecule has 0 aliphatic rings. The maximum absolute atomic E-state index is 5.71. The number of aromatic nitrogens is 1. The fourth-order valence-electron chi connectivity index (χ4n) is 1.25. The molecule has 88 valence electrons. The number of aliphatic imine (C=N–C) groups is 1. The van der Waals surface area contributed by atoms with Gasteiger partial charge in [0.1, 0.15) is 0 Å². The molecular weight excluding hydrogens is 204 g/mol. The number of rotatable bonds is 5. The average Bonchev–Trinajstić information content (AvgIpc) is 2.28. The molecular formula is C11H18N4O. The summed E-state index contributed by atoms with van der Waals surface area (Å²) in [7, 11) is 1.65. The normalized spacial score (nSPS) is 13.5. The standard InChI is InChI=1S/C11H18N4O/c1-9(8-16-2)15-11(12)14-7-10-5-3-4-6-13-10/h3-6,9H,7-8H2,1-2H3,(H3,12,14,15). The lowest BCUT2D eigenvalue weighted by Crippen LogP contribution is -2.40. The number of hydrogen-bond acceptors (Lipinski definition) is 3. The Kier molecular flexibility index (Phi) is 5.28. The fourth-order valence-corrected chi connectivity index (χ4v) is 1.25. The van der Waals surface area contributed by atoms with E-state index in [2.05, 4.69) is 15.3 Å². The average molecular weight is 222 g/mol. The second kappa shape index (κ2) is 6.79. The van der Waals surface area contributed by atoms with Gasteiger partial charge in [-0.3, -0.25) is 4.98 Å². The summed E-state index contributed by atoms with van der Waals surface area (Å²) in [6.07, 6.45) is 1.74. The van der Waals surface area contributed by atoms with Crippen LogP contribution in [0.25, 0.3) is 0 Å². The van der Waals surface area contributed by atoms with E-state index < -0.39 is 0 Å². The number of pyridine rings is 1. The molecule has 0 saturated carbocycles. The van der Waals surface area contributed by atoms with E-state index in [-0.39, 0.29) is 6.04 Å². The first kappa shape index (κ1) is 12.4. The minimum absolute atomic E-state index is 0.150. The predicted octanol–water partition coefficient (Wildman–Crippen LogP) is 0.521. The van der Waals surface area contributed by atoms with Gasteiger partial charge in [0.15, 0.2) is 5.96 Å². The SMILES string of the molecule is COCC(C)NC(N)=NCc1ccccn1. The molecule has 0 spiro atoms. The molecule has 0 radical (unpaired) electrons. The van der Waals surface area contributed by atoms with Gasteiger partial charge >= 0.3 is 0 Å². The number of nitrogens with two attached hydrogens (primary N) is 1. The molecule has 1 unspecified atom stereocenters. The van der Waals surface area contributed by atoms with Crippen LogP contribution in [0.4, 0.5) is 0 Å². The van der Waals surface area contributed by atoms with Crippen LogP contribution in [0, 0.1) is 0 Å². The van der Waals surface area contributed by atoms with Crippen molar-refractivity contribution in [1.29, 1.82) is 0 Å². The monoisotopic (exact) mass is 222 g/mol. The van der Waals surface area contributed by atoms with Gasteiger partial charge in [-0.15, -0.1) is 0 Å². The Hall–Kier alpha value is -1.62. The number of methoxy groups -OCH3 is 1. The molecule has 1 atom stereocenters. The molecule has 1 aromatic rings. The first-order chi connectivity index (χ1) is 7.72. The molecule has 0 aliphatic carbocycles. The van der Waals surface area contributed by atoms with E-state index in [9.17, 15) is 0 Å². The largest absolute Gasteiger partial charge is 0.383 e. The molecule has 5 heteroatoms. The summed E-state index contributed by atoms with van der Waals surface area (Å²) in [6, 6.07) is 5.86. The maximum atomic E-state index is 5.71. The number of nitrogens with one attached hydrogen (secondary N) is 1. The van der Waals surface area contributed by atoms with Gasteiger partial charge < -0.3 is 15.8 Å². The molecule has 0 fully saturated rings. The number of nitrogens with zero attached hydrogens (tertiary/aromatic N) is 2. The van der Waals surface area contributed by atoms with E-state index in [1.165, 1.54) is 0 Å². The van der Waals surface area contributed by atoms with Crippen molar-refractivity contribution < 1.29 is 4.74 Å². The fraction of sp³-hybridized carbons (Fsp3) is 0.455. The minimum Gasteiger partial charge on any atom is -0.383 e. The summed E-state index contributed by atoms with van der Waals surface area (Å²) in [6.45, 7) is 3.06. The zero-order valence-corrected chi connectivity index (χ0v) is 9.68. The topological polar surface area (TPSA) is 72.5 Å². The molecule has 1 heterocycles. The second-order valence-corrected chi connectivity index (χ2v) is 3.52. The van der Waals surface area contributed by atoms with Gasteiger partial charge in [0, 0.05) is 19.3 Å². The summed E-state index contributed by atoms with van der Waals surface area (Å²) in [5.74, 6) is 0.412. The Morgan fingerprint density at radius 3 is 3.06 bits per heavy atom. The second-order valence-electron chi connectivity index (χ2n) is 3.52. The van der Waals surface area contributed by atoms with Crippen molar-refractivity contribution in [3.8, 4) is 0 Å². The predicted molar refractivity (Wildman–Crippen MR) is 64.0 cm³/mol. The molecule has 16 heavy (non-hydrogen) atoms. The highest BCUT2D eigenvalue weighted by molar-refractivity contribution is 5.78. The Bertz CT molecular complexity index is 326. The van der Waals surface area contributed by atoms with E-state index in [0.29, 0.717) is 19.1 Å². The Morgan fingerprint density at radius 1 is 1.62 bits per heavy atom. The van der Waals surface area contributed by atoms with E-state index >= 15 is 0 Å². The third-order valence-electron chi connectivity index (χ3n) is 1.95. The van der Waals surface area contributed by atoms with E-state index in [1.807, 2.05) is 25.1 Å². The lowest BCUT2D eigenvalue weighted by molar-refractivity contribution is 0.179. The number of guanidine groups is 1. The molecule has 0 aromatic carbocycles. The summed E-state index contributed by atoms with van der Waals surface area (Å²) in [5.41, 5.74) is 6.60. The third kappa shape index (κ3) is 4.75. The van der Waals surface area contributed by atoms with Gasteiger partial charge in [0.25, 0.3) is 0 Å². The van der Waals surface area contributed by atoms with Crippen LogP contribution in [0.1, 0.15) is 12.6 Å². The van der Waals surface area contributed by atoms with E-state index in [0.717, 1.165) is 5.69 Å². The molecule has 0 amide bonds. The summed E-state index contributed by atoms with van der Waals surface area (Å²) >= 11 is 0. The van der Waals surface area contributed by atoms with Gasteiger partial charge in [-0.2, -0.15) is 0 Å². The lowest BCUT2D eigenvalue weighted by Gasteiger charge is -2.12. The highest BCUT2D eigenvalue weighted by Gasteiger charge is 2.01. The van der Waals surface area contributed by atoms with Crippen molar-refractivity contribution in [3.05, 3.63) is 30.1 Å². The van der Waals surface area contributed by atoms with Crippen LogP contribution in [0.2, 0.25) is 0 Å². The highest BCUT2D eigenvalue weighted by Crippen LogP contribution is 1.94. The van der Waals surface area contributed by atoms with Crippen LogP contribution in [-0.2, 0) is 11.3 Å². The smallest absolute Gasteiger partial charge is 0.189 e. The summed E-state index contributed by atoms with van der Waals surface area (Å²) < 4.78 is 4.98. The van der Waals surface area contributed by atoms with Crippen molar-refractivity contribution in [2.24, 2.45) is 10.7 Å². The molecule has 1 rings (SSSR count). The quantitative estimate of drug-likeness (QED) is 0.563. The van der Waals surface area contributed by atoms with Crippen molar-refractivity contribution in [1.82, 2.24) is 10.3 Å². The summed E-state index contributed by atoms with van der Waals surface area (Å²) in [4.78, 5) is 8.33. The van der Waals surface area contributed by atoms with Crippen molar-refractivity contribution >= 4 is 5.96 Å². The highest BCUT2D eigenvalue weighted by atomic mass is 16.5. The van der Waals surface area contributed by atoms with Gasteiger partial charge in [-0.25, -0.2) is 4.99 Å². The molecule has 0 aliphatic heterocycles. The Labute approximate surface area is 95.7 Å². The third-order valence-corrected chi connectivity index (χ3v) is 1.95. The molecule has 3 N–H and O–H groups in total. The molecule has 1 aromatic heterocycles. The Balaban J connectivity index is 2.39. The van der Waals surface area contributed by atoms with Crippen LogP contribution in [0.5, 0.6) is 0 Å². The summed E-state index contributed by atoms with van der Waals surface area (Å²) in [5, 5.41) is 3.03. The molecule has 0 saturated heterocycles. The van der Waals surface area contributed by atoms with Gasteiger partial charge in [0.05, 0.1) is 18.8 Å². The molecule has 5 nitrogen and oxygen atoms in total. The number of hydrogen-bond donors (Lipinski definition) is 2. The lowest BCUT2D eigenvalue weighted by atomic mass is 10.3. The molecule has 0 bridgehead atoms. The zero-order valence-electron chi connectivity index (χ0n) is 9.68. The van der Waals surface area contributed by atoms with Crippen LogP contribution < -0.4 is 11.1 Å². The van der Waals surface area contributed by atoms with Crippen molar-refractivity contribution in [2.45, 2.75) is 19.5 Å². The Morgan fingerprint density at radius 2 is 2.44 bits per heavy atom. The first-order valence-electron chi connectivity index (χ1n) is 5.17. The van der Waals surface area contributed by atoms with Crippen LogP contribution in [0.3, 0.4) is 0 Å². The van der Waals surface area contributed by atoms with E-state index in [1.54, 1.807) is 13.3 Å². The van der Waals surface area contributed by atoms with Crippen molar-refractivity contribution in [3.63, 3.8) is 0 Å². The van der Waals surface area contributed by atoms with Gasteiger partial charge in [0.2, 0.25) is 0 Å². The van der Waals surface area contributed by atoms with Crippen molar-refractivity contribution in [2.75, 3.05) is 13.7 Å². The first-order valence-corrected chi connectivity index (χ1v) is 5.17. The van der Waals surface area contributed by atoms with Crippen LogP contribution in [-0.4, -0.2) is 30.7 Å².